The average Bonchev–Trinajstić information content (AvgIpc) is 2.80. The Kier molecular flexibility index (Phi) is 7.83. The summed E-state index contributed by atoms with van der Waals surface area (Å²) in [6.07, 6.45) is 0. The smallest absolute Gasteiger partial charge is 0.262 e. The Balaban J connectivity index is 1.64. The van der Waals surface area contributed by atoms with Crippen LogP contribution in [0.4, 0.5) is 11.4 Å². The molecule has 0 aliphatic rings. The van der Waals surface area contributed by atoms with Gasteiger partial charge in [0, 0.05) is 19.8 Å². The molecule has 3 rings (SSSR count). The van der Waals surface area contributed by atoms with E-state index in [1.54, 1.807) is 38.1 Å². The Labute approximate surface area is 205 Å². The number of anilines is 2. The second kappa shape index (κ2) is 10.5. The summed E-state index contributed by atoms with van der Waals surface area (Å²) in [7, 11) is -4.58. The maximum absolute atomic E-state index is 12.6. The van der Waals surface area contributed by atoms with Gasteiger partial charge in [-0.05, 0) is 67.4 Å². The quantitative estimate of drug-likeness (QED) is 0.449. The van der Waals surface area contributed by atoms with Gasteiger partial charge in [-0.2, -0.15) is 0 Å². The summed E-state index contributed by atoms with van der Waals surface area (Å²) < 4.78 is 59.1. The molecule has 3 aromatic rings. The lowest BCUT2D eigenvalue weighted by Crippen LogP contribution is -2.23. The Morgan fingerprint density at radius 2 is 1.43 bits per heavy atom. The van der Waals surface area contributed by atoms with Gasteiger partial charge >= 0.3 is 0 Å². The summed E-state index contributed by atoms with van der Waals surface area (Å²) in [6, 6.07) is 17.2. The number of carbonyl (C=O) groups excluding carboxylic acids is 1. The first-order valence-corrected chi connectivity index (χ1v) is 13.5. The number of para-hydroxylation sites is 1. The lowest BCUT2D eigenvalue weighted by molar-refractivity contribution is -0.118. The van der Waals surface area contributed by atoms with Crippen LogP contribution in [0.25, 0.3) is 0 Å². The lowest BCUT2D eigenvalue weighted by Gasteiger charge is -2.15. The number of hydrogen-bond acceptors (Lipinski definition) is 6. The fourth-order valence-electron chi connectivity index (χ4n) is 3.05. The second-order valence-corrected chi connectivity index (χ2v) is 11.8. The number of amides is 1. The van der Waals surface area contributed by atoms with Gasteiger partial charge in [-0.3, -0.25) is 9.52 Å². The second-order valence-electron chi connectivity index (χ2n) is 7.99. The number of aryl methyl sites for hydroxylation is 2. The molecule has 186 valence electrons. The molecule has 0 aliphatic carbocycles. The number of rotatable bonds is 9. The van der Waals surface area contributed by atoms with E-state index in [4.69, 9.17) is 4.74 Å². The number of nitrogens with one attached hydrogen (secondary N) is 2. The van der Waals surface area contributed by atoms with Crippen molar-refractivity contribution in [3.8, 4) is 5.75 Å². The molecule has 1 amide bonds. The summed E-state index contributed by atoms with van der Waals surface area (Å²) in [5.74, 6) is -0.193. The predicted molar refractivity (Wildman–Crippen MR) is 135 cm³/mol. The molecule has 0 aliphatic heterocycles. The normalized spacial score (nSPS) is 11.8. The van der Waals surface area contributed by atoms with Gasteiger partial charge in [0.25, 0.3) is 15.9 Å². The van der Waals surface area contributed by atoms with Crippen molar-refractivity contribution in [2.24, 2.45) is 0 Å². The van der Waals surface area contributed by atoms with Gasteiger partial charge < -0.3 is 10.1 Å². The van der Waals surface area contributed by atoms with E-state index in [9.17, 15) is 21.6 Å². The van der Waals surface area contributed by atoms with Crippen LogP contribution in [-0.2, 0) is 24.8 Å². The standard InChI is InChI=1S/C24H27N3O6S2/c1-17-7-5-6-8-22(17)26-34(29,30)20-13-10-19(11-14-20)33-16-24(28)25-23-15-21(12-9-18(23)2)35(31,32)27(3)4/h5-15,26H,16H2,1-4H3,(H,25,28). The van der Waals surface area contributed by atoms with E-state index in [1.165, 1.54) is 50.5 Å². The molecule has 0 atom stereocenters. The monoisotopic (exact) mass is 517 g/mol. The molecule has 0 unspecified atom stereocenters. The zero-order valence-electron chi connectivity index (χ0n) is 19.8. The molecule has 0 fully saturated rings. The van der Waals surface area contributed by atoms with Crippen molar-refractivity contribution in [2.75, 3.05) is 30.7 Å². The van der Waals surface area contributed by atoms with E-state index in [0.717, 1.165) is 9.87 Å². The molecule has 0 saturated carbocycles. The van der Waals surface area contributed by atoms with Gasteiger partial charge in [0.2, 0.25) is 10.0 Å². The van der Waals surface area contributed by atoms with Crippen LogP contribution in [-0.4, -0.2) is 47.8 Å². The predicted octanol–water partition coefficient (Wildman–Crippen LogP) is 3.37. The zero-order chi connectivity index (χ0) is 25.8. The molecule has 0 bridgehead atoms. The van der Waals surface area contributed by atoms with Crippen molar-refractivity contribution in [1.82, 2.24) is 4.31 Å². The highest BCUT2D eigenvalue weighted by molar-refractivity contribution is 7.92. The van der Waals surface area contributed by atoms with E-state index in [0.29, 0.717) is 22.7 Å². The minimum Gasteiger partial charge on any atom is -0.484 e. The third-order valence-corrected chi connectivity index (χ3v) is 8.35. The molecule has 35 heavy (non-hydrogen) atoms. The maximum Gasteiger partial charge on any atom is 0.262 e. The highest BCUT2D eigenvalue weighted by Gasteiger charge is 2.19. The van der Waals surface area contributed by atoms with Crippen LogP contribution in [0.15, 0.2) is 76.5 Å². The minimum atomic E-state index is -3.79. The average molecular weight is 518 g/mol. The molecule has 11 heteroatoms. The Hall–Kier alpha value is -3.41. The number of carbonyl (C=O) groups is 1. The summed E-state index contributed by atoms with van der Waals surface area (Å²) in [6.45, 7) is 3.20. The molecule has 0 saturated heterocycles. The molecule has 0 spiro atoms. The first kappa shape index (κ1) is 26.2. The van der Waals surface area contributed by atoms with Gasteiger partial charge in [0.05, 0.1) is 15.5 Å². The fraction of sp³-hybridized carbons (Fsp3) is 0.208. The molecular weight excluding hydrogens is 490 g/mol. The summed E-state index contributed by atoms with van der Waals surface area (Å²) in [5.41, 5.74) is 2.32. The maximum atomic E-state index is 12.6. The van der Waals surface area contributed by atoms with Crippen LogP contribution < -0.4 is 14.8 Å². The van der Waals surface area contributed by atoms with Crippen molar-refractivity contribution in [3.63, 3.8) is 0 Å². The highest BCUT2D eigenvalue weighted by Crippen LogP contribution is 2.23. The Bertz CT molecular complexity index is 1430. The van der Waals surface area contributed by atoms with Crippen molar-refractivity contribution < 1.29 is 26.4 Å². The molecular formula is C24H27N3O6S2. The Morgan fingerprint density at radius 3 is 2.06 bits per heavy atom. The van der Waals surface area contributed by atoms with Gasteiger partial charge in [-0.1, -0.05) is 24.3 Å². The first-order valence-electron chi connectivity index (χ1n) is 10.5. The van der Waals surface area contributed by atoms with E-state index < -0.39 is 26.0 Å². The largest absolute Gasteiger partial charge is 0.484 e. The highest BCUT2D eigenvalue weighted by atomic mass is 32.2. The van der Waals surface area contributed by atoms with Crippen molar-refractivity contribution in [3.05, 3.63) is 77.9 Å². The van der Waals surface area contributed by atoms with Gasteiger partial charge in [0.15, 0.2) is 6.61 Å². The van der Waals surface area contributed by atoms with Crippen LogP contribution in [0.3, 0.4) is 0 Å². The lowest BCUT2D eigenvalue weighted by atomic mass is 10.2. The minimum absolute atomic E-state index is 0.0482. The molecule has 3 aromatic carbocycles. The van der Waals surface area contributed by atoms with E-state index in [1.807, 2.05) is 6.07 Å². The van der Waals surface area contributed by atoms with Gasteiger partial charge in [-0.25, -0.2) is 21.1 Å². The van der Waals surface area contributed by atoms with Crippen LogP contribution in [0.2, 0.25) is 0 Å². The van der Waals surface area contributed by atoms with Crippen molar-refractivity contribution in [1.29, 1.82) is 0 Å². The molecule has 2 N–H and O–H groups in total. The van der Waals surface area contributed by atoms with Gasteiger partial charge in [-0.15, -0.1) is 0 Å². The topological polar surface area (TPSA) is 122 Å². The summed E-state index contributed by atoms with van der Waals surface area (Å²) >= 11 is 0. The zero-order valence-corrected chi connectivity index (χ0v) is 21.4. The van der Waals surface area contributed by atoms with E-state index >= 15 is 0 Å². The van der Waals surface area contributed by atoms with Crippen molar-refractivity contribution in [2.45, 2.75) is 23.6 Å². The van der Waals surface area contributed by atoms with Crippen molar-refractivity contribution >= 4 is 37.3 Å². The number of benzene rings is 3. The first-order chi connectivity index (χ1) is 16.4. The molecule has 9 nitrogen and oxygen atoms in total. The molecule has 0 heterocycles. The van der Waals surface area contributed by atoms with E-state index in [-0.39, 0.29) is 16.4 Å². The summed E-state index contributed by atoms with van der Waals surface area (Å²) in [5, 5.41) is 2.65. The van der Waals surface area contributed by atoms with Crippen LogP contribution >= 0.6 is 0 Å². The summed E-state index contributed by atoms with van der Waals surface area (Å²) in [4.78, 5) is 12.5. The third kappa shape index (κ3) is 6.38. The number of sulfonamides is 2. The van der Waals surface area contributed by atoms with Crippen LogP contribution in [0.1, 0.15) is 11.1 Å². The number of nitrogens with zero attached hydrogens (tertiary/aromatic N) is 1. The van der Waals surface area contributed by atoms with Gasteiger partial charge in [0.1, 0.15) is 5.75 Å². The third-order valence-electron chi connectivity index (χ3n) is 5.16. The molecule has 0 aromatic heterocycles. The molecule has 0 radical (unpaired) electrons. The van der Waals surface area contributed by atoms with Crippen LogP contribution in [0, 0.1) is 13.8 Å². The number of ether oxygens (including phenoxy) is 1. The van der Waals surface area contributed by atoms with Crippen LogP contribution in [0.5, 0.6) is 5.75 Å². The number of hydrogen-bond donors (Lipinski definition) is 2. The Morgan fingerprint density at radius 1 is 0.829 bits per heavy atom. The fourth-order valence-corrected chi connectivity index (χ4v) is 5.11. The van der Waals surface area contributed by atoms with E-state index in [2.05, 4.69) is 10.0 Å². The SMILES string of the molecule is Cc1ccc(S(=O)(=O)N(C)C)cc1NC(=O)COc1ccc(S(=O)(=O)Nc2ccccc2C)cc1.